The summed E-state index contributed by atoms with van der Waals surface area (Å²) in [5.74, 6) is 0.399. The Balaban J connectivity index is 1.63. The summed E-state index contributed by atoms with van der Waals surface area (Å²) < 4.78 is 17.4. The molecule has 2 aromatic carbocycles. The van der Waals surface area contributed by atoms with Crippen molar-refractivity contribution in [2.24, 2.45) is 17.3 Å². The minimum absolute atomic E-state index is 0.0153. The maximum atomic E-state index is 14.3. The molecule has 5 rings (SSSR count). The number of hydrogen-bond acceptors (Lipinski definition) is 6. The third-order valence-electron chi connectivity index (χ3n) is 8.12. The summed E-state index contributed by atoms with van der Waals surface area (Å²) >= 11 is 6.54. The highest BCUT2D eigenvalue weighted by Crippen LogP contribution is 2.46. The molecule has 1 saturated heterocycles. The quantitative estimate of drug-likeness (QED) is 0.487. The van der Waals surface area contributed by atoms with Crippen molar-refractivity contribution in [1.82, 2.24) is 9.38 Å². The van der Waals surface area contributed by atoms with E-state index in [2.05, 4.69) is 20.8 Å². The third-order valence-corrected chi connectivity index (χ3v) is 8.36. The number of Topliss-reactive ketones (excluding diaryl/α,β-unsaturated/α-hetero) is 1. The van der Waals surface area contributed by atoms with E-state index in [-0.39, 0.29) is 47.5 Å². The molecule has 3 aliphatic rings. The number of ketones is 1. The number of benzene rings is 2. The van der Waals surface area contributed by atoms with E-state index in [1.165, 1.54) is 11.8 Å². The number of hydrogen-bond donors (Lipinski definition) is 1. The van der Waals surface area contributed by atoms with Crippen LogP contribution in [0.15, 0.2) is 36.4 Å². The molecule has 2 amide bonds. The molecule has 0 bridgehead atoms. The SMILES string of the molecule is CC(=O)[C@H]1CN(C(=O)O)CC[C@@H]1C[N+]1(CC(C)(C)C)C(=O)COC(c2ccc3c(c2)OCO3)c2cc(Cl)ccc21. The smallest absolute Gasteiger partial charge is 0.407 e. The maximum Gasteiger partial charge on any atom is 0.407 e. The van der Waals surface area contributed by atoms with E-state index >= 15 is 0 Å². The Kier molecular flexibility index (Phi) is 7.58. The predicted octanol–water partition coefficient (Wildman–Crippen LogP) is 5.27. The fourth-order valence-electron chi connectivity index (χ4n) is 6.48. The van der Waals surface area contributed by atoms with Gasteiger partial charge in [-0.2, -0.15) is 0 Å². The van der Waals surface area contributed by atoms with Crippen LogP contribution in [-0.4, -0.2) is 67.4 Å². The molecule has 2 aromatic rings. The number of quaternary nitrogens is 1. The first kappa shape index (κ1) is 28.4. The molecule has 4 atom stereocenters. The van der Waals surface area contributed by atoms with Crippen LogP contribution in [0.2, 0.25) is 5.02 Å². The topological polar surface area (TPSA) is 102 Å². The summed E-state index contributed by atoms with van der Waals surface area (Å²) in [4.78, 5) is 40.1. The molecule has 1 fully saturated rings. The van der Waals surface area contributed by atoms with E-state index in [4.69, 9.17) is 25.8 Å². The first-order valence-corrected chi connectivity index (χ1v) is 14.0. The van der Waals surface area contributed by atoms with E-state index in [1.54, 1.807) is 6.07 Å². The number of amides is 2. The first-order chi connectivity index (χ1) is 18.9. The molecule has 2 unspecified atom stereocenters. The summed E-state index contributed by atoms with van der Waals surface area (Å²) in [5, 5.41) is 10.1. The predicted molar refractivity (Wildman–Crippen MR) is 150 cm³/mol. The molecule has 3 aliphatic heterocycles. The lowest BCUT2D eigenvalue weighted by molar-refractivity contribution is -0.139. The molecular weight excluding hydrogens is 536 g/mol. The van der Waals surface area contributed by atoms with Crippen LogP contribution in [0.5, 0.6) is 11.5 Å². The summed E-state index contributed by atoms with van der Waals surface area (Å²) in [6, 6.07) is 11.2. The minimum Gasteiger partial charge on any atom is -0.465 e. The second kappa shape index (κ2) is 10.7. The number of rotatable bonds is 5. The van der Waals surface area contributed by atoms with Gasteiger partial charge in [0.15, 0.2) is 18.1 Å². The molecule has 1 N–H and O–H groups in total. The fourth-order valence-corrected chi connectivity index (χ4v) is 6.66. The van der Waals surface area contributed by atoms with Gasteiger partial charge in [-0.05, 0) is 43.2 Å². The van der Waals surface area contributed by atoms with Gasteiger partial charge < -0.3 is 24.2 Å². The average Bonchev–Trinajstić information content (AvgIpc) is 3.32. The van der Waals surface area contributed by atoms with Crippen LogP contribution in [0.1, 0.15) is 51.3 Å². The van der Waals surface area contributed by atoms with Crippen molar-refractivity contribution < 1.29 is 33.7 Å². The molecule has 214 valence electrons. The zero-order valence-corrected chi connectivity index (χ0v) is 24.1. The average molecular weight is 572 g/mol. The summed E-state index contributed by atoms with van der Waals surface area (Å²) in [5.41, 5.74) is 2.11. The van der Waals surface area contributed by atoms with E-state index in [1.807, 2.05) is 30.3 Å². The zero-order chi connectivity index (χ0) is 28.8. The van der Waals surface area contributed by atoms with Crippen LogP contribution < -0.4 is 14.0 Å². The van der Waals surface area contributed by atoms with Gasteiger partial charge >= 0.3 is 12.0 Å². The van der Waals surface area contributed by atoms with Gasteiger partial charge in [-0.3, -0.25) is 4.79 Å². The lowest BCUT2D eigenvalue weighted by atomic mass is 9.81. The van der Waals surface area contributed by atoms with Crippen LogP contribution in [0, 0.1) is 17.3 Å². The summed E-state index contributed by atoms with van der Waals surface area (Å²) in [6.45, 7) is 9.06. The number of carbonyl (C=O) groups is 3. The van der Waals surface area contributed by atoms with Gasteiger partial charge in [0.05, 0.1) is 13.1 Å². The normalized spacial score (nSPS) is 26.3. The summed E-state index contributed by atoms with van der Waals surface area (Å²) in [7, 11) is 0. The van der Waals surface area contributed by atoms with Gasteiger partial charge in [0, 0.05) is 47.0 Å². The third kappa shape index (κ3) is 5.42. The number of halogens is 1. The number of carbonyl (C=O) groups excluding carboxylic acids is 2. The van der Waals surface area contributed by atoms with Gasteiger partial charge in [-0.15, -0.1) is 0 Å². The van der Waals surface area contributed by atoms with Gasteiger partial charge in [-0.25, -0.2) is 14.1 Å². The Hall–Kier alpha value is -3.14. The minimum atomic E-state index is -1.03. The Morgan fingerprint density at radius 2 is 1.88 bits per heavy atom. The van der Waals surface area contributed by atoms with Crippen molar-refractivity contribution >= 4 is 35.1 Å². The summed E-state index contributed by atoms with van der Waals surface area (Å²) in [6.07, 6.45) is -1.12. The van der Waals surface area contributed by atoms with Crippen LogP contribution in [0.4, 0.5) is 10.5 Å². The zero-order valence-electron chi connectivity index (χ0n) is 23.3. The Labute approximate surface area is 239 Å². The number of fused-ring (bicyclic) bond motifs is 2. The van der Waals surface area contributed by atoms with Crippen molar-refractivity contribution in [3.05, 3.63) is 52.5 Å². The first-order valence-electron chi connectivity index (χ1n) is 13.6. The second-order valence-corrected chi connectivity index (χ2v) is 12.7. The molecule has 0 aliphatic carbocycles. The molecule has 0 spiro atoms. The van der Waals surface area contributed by atoms with Crippen LogP contribution in [-0.2, 0) is 14.3 Å². The van der Waals surface area contributed by atoms with Gasteiger partial charge in [0.1, 0.15) is 17.6 Å². The molecule has 0 aromatic heterocycles. The number of carboxylic acid groups (broad SMARTS) is 1. The van der Waals surface area contributed by atoms with Gasteiger partial charge in [0.2, 0.25) is 6.79 Å². The fraction of sp³-hybridized carbons (Fsp3) is 0.500. The van der Waals surface area contributed by atoms with Crippen molar-refractivity contribution in [3.63, 3.8) is 0 Å². The maximum absolute atomic E-state index is 14.3. The Morgan fingerprint density at radius 1 is 1.12 bits per heavy atom. The van der Waals surface area contributed by atoms with Crippen molar-refractivity contribution in [1.29, 1.82) is 0 Å². The lowest BCUT2D eigenvalue weighted by Crippen LogP contribution is -2.63. The van der Waals surface area contributed by atoms with Crippen molar-refractivity contribution in [3.8, 4) is 11.5 Å². The van der Waals surface area contributed by atoms with Crippen LogP contribution >= 0.6 is 11.6 Å². The van der Waals surface area contributed by atoms with E-state index in [0.717, 1.165) is 16.8 Å². The molecular formula is C30H36ClN2O7+. The lowest BCUT2D eigenvalue weighted by Gasteiger charge is -2.44. The number of piperidine rings is 1. The molecule has 0 radical (unpaired) electrons. The highest BCUT2D eigenvalue weighted by Gasteiger charge is 2.51. The molecule has 3 heterocycles. The monoisotopic (exact) mass is 571 g/mol. The van der Waals surface area contributed by atoms with Gasteiger partial charge in [0.25, 0.3) is 0 Å². The van der Waals surface area contributed by atoms with Crippen LogP contribution in [0.25, 0.3) is 0 Å². The van der Waals surface area contributed by atoms with E-state index in [9.17, 15) is 19.5 Å². The Morgan fingerprint density at radius 3 is 2.58 bits per heavy atom. The van der Waals surface area contributed by atoms with Crippen molar-refractivity contribution in [2.75, 3.05) is 39.6 Å². The highest BCUT2D eigenvalue weighted by molar-refractivity contribution is 6.30. The second-order valence-electron chi connectivity index (χ2n) is 12.3. The standard InChI is InChI=1S/C30H35ClN2O7/c1-18(34)23-13-32(29(36)37)10-9-20(23)14-33(16-30(2,3)4)24-7-6-21(31)12-22(24)28(38-15-27(33)35)19-5-8-25-26(11-19)40-17-39-25/h5-8,11-12,20,23,28H,9-10,13-17H2,1-4H3/p+1/t20-,23-,28?,33?/m1/s1. The molecule has 10 heteroatoms. The largest absolute Gasteiger partial charge is 0.465 e. The molecule has 9 nitrogen and oxygen atoms in total. The number of nitrogens with zero attached hydrogens (tertiary/aromatic N) is 2. The molecule has 40 heavy (non-hydrogen) atoms. The number of ether oxygens (including phenoxy) is 3. The highest BCUT2D eigenvalue weighted by atomic mass is 35.5. The van der Waals surface area contributed by atoms with Crippen molar-refractivity contribution in [2.45, 2.75) is 40.2 Å². The van der Waals surface area contributed by atoms with E-state index in [0.29, 0.717) is 42.6 Å². The van der Waals surface area contributed by atoms with Crippen LogP contribution in [0.3, 0.4) is 0 Å². The van der Waals surface area contributed by atoms with Gasteiger partial charge in [-0.1, -0.05) is 38.4 Å². The molecule has 0 saturated carbocycles. The van der Waals surface area contributed by atoms with E-state index < -0.39 is 18.1 Å². The number of likely N-dealkylation sites (tertiary alicyclic amines) is 1. The Bertz CT molecular complexity index is 1340.